The topological polar surface area (TPSA) is 95.0 Å². The molecule has 37 heavy (non-hydrogen) atoms. The van der Waals surface area contributed by atoms with Crippen LogP contribution < -0.4 is 4.90 Å². The second-order valence-corrected chi connectivity index (χ2v) is 11.2. The second kappa shape index (κ2) is 10.4. The van der Waals surface area contributed by atoms with E-state index >= 15 is 4.39 Å². The number of aromatic carboxylic acids is 1. The molecule has 194 valence electrons. The Morgan fingerprint density at radius 1 is 1.05 bits per heavy atom. The van der Waals surface area contributed by atoms with Crippen molar-refractivity contribution < 1.29 is 27.5 Å². The predicted molar refractivity (Wildman–Crippen MR) is 141 cm³/mol. The SMILES string of the molecule is CCCC[C@@H]1CN(c2ccccc2)c2cc(F)c(-c3cc(C(=O)O)ccc3C(C)=O)cc2S(=O)(=O)N1C. The molecule has 0 unspecified atom stereocenters. The highest BCUT2D eigenvalue weighted by molar-refractivity contribution is 7.89. The summed E-state index contributed by atoms with van der Waals surface area (Å²) in [6.45, 7) is 3.66. The standard InChI is InChI=1S/C28H29FN2O5S/c1-4-5-9-21-17-31(20-10-7-6-8-11-20)26-16-25(29)24(15-27(26)37(35,36)30(21)3)23-14-19(28(33)34)12-13-22(23)18(2)32/h6-8,10-16,21H,4-5,9,17H2,1-3H3,(H,33,34)/t21-/m1/s1. The van der Waals surface area contributed by atoms with Gasteiger partial charge in [0, 0.05) is 36.4 Å². The summed E-state index contributed by atoms with van der Waals surface area (Å²) in [6.07, 6.45) is 2.36. The number of benzene rings is 3. The zero-order valence-electron chi connectivity index (χ0n) is 20.9. The number of likely N-dealkylation sites (N-methyl/N-ethyl adjacent to an activating group) is 1. The number of ketones is 1. The van der Waals surface area contributed by atoms with Crippen LogP contribution in [0.4, 0.5) is 15.8 Å². The Labute approximate surface area is 216 Å². The number of hydrogen-bond donors (Lipinski definition) is 1. The fourth-order valence-corrected chi connectivity index (χ4v) is 6.29. The fourth-order valence-electron chi connectivity index (χ4n) is 4.71. The lowest BCUT2D eigenvalue weighted by Gasteiger charge is -2.29. The first-order valence-electron chi connectivity index (χ1n) is 12.1. The molecule has 1 atom stereocenters. The van der Waals surface area contributed by atoms with Crippen LogP contribution in [0.5, 0.6) is 0 Å². The maximum atomic E-state index is 15.8. The number of carboxylic acids is 1. The van der Waals surface area contributed by atoms with E-state index in [4.69, 9.17) is 0 Å². The van der Waals surface area contributed by atoms with Crippen LogP contribution in [0.3, 0.4) is 0 Å². The quantitative estimate of drug-likeness (QED) is 0.397. The Morgan fingerprint density at radius 3 is 2.38 bits per heavy atom. The molecular weight excluding hydrogens is 495 g/mol. The molecule has 7 nitrogen and oxygen atoms in total. The summed E-state index contributed by atoms with van der Waals surface area (Å²) < 4.78 is 44.9. The van der Waals surface area contributed by atoms with E-state index in [1.165, 1.54) is 48.6 Å². The summed E-state index contributed by atoms with van der Waals surface area (Å²) in [5.41, 5.74) is 0.758. The molecular formula is C28H29FN2O5S. The largest absolute Gasteiger partial charge is 0.478 e. The molecule has 0 saturated carbocycles. The summed E-state index contributed by atoms with van der Waals surface area (Å²) in [5.74, 6) is -2.39. The van der Waals surface area contributed by atoms with E-state index in [2.05, 4.69) is 0 Å². The maximum absolute atomic E-state index is 15.8. The molecule has 4 rings (SSSR count). The van der Waals surface area contributed by atoms with E-state index in [1.807, 2.05) is 42.2 Å². The van der Waals surface area contributed by atoms with Gasteiger partial charge in [-0.15, -0.1) is 0 Å². The Morgan fingerprint density at radius 2 is 1.76 bits per heavy atom. The number of para-hydroxylation sites is 1. The van der Waals surface area contributed by atoms with Crippen molar-refractivity contribution >= 4 is 33.2 Å². The minimum absolute atomic E-state index is 0.0311. The van der Waals surface area contributed by atoms with Crippen LogP contribution >= 0.6 is 0 Å². The minimum atomic E-state index is -4.06. The number of carbonyl (C=O) groups is 2. The van der Waals surface area contributed by atoms with Gasteiger partial charge in [-0.05, 0) is 61.4 Å². The third kappa shape index (κ3) is 5.01. The first-order chi connectivity index (χ1) is 17.6. The maximum Gasteiger partial charge on any atom is 0.335 e. The number of sulfonamides is 1. The fraction of sp³-hybridized carbons (Fsp3) is 0.286. The van der Waals surface area contributed by atoms with Crippen LogP contribution in [0.25, 0.3) is 11.1 Å². The zero-order chi connectivity index (χ0) is 26.9. The number of hydrogen-bond acceptors (Lipinski definition) is 5. The highest BCUT2D eigenvalue weighted by Crippen LogP contribution is 2.41. The number of halogens is 1. The van der Waals surface area contributed by atoms with Gasteiger partial charge in [0.15, 0.2) is 5.78 Å². The molecule has 1 heterocycles. The molecule has 0 saturated heterocycles. The lowest BCUT2D eigenvalue weighted by molar-refractivity contribution is 0.0696. The average Bonchev–Trinajstić information content (AvgIpc) is 2.95. The van der Waals surface area contributed by atoms with E-state index in [1.54, 1.807) is 0 Å². The van der Waals surface area contributed by atoms with Gasteiger partial charge in [-0.2, -0.15) is 4.31 Å². The van der Waals surface area contributed by atoms with Crippen molar-refractivity contribution in [1.29, 1.82) is 0 Å². The first-order valence-corrected chi connectivity index (χ1v) is 13.5. The highest BCUT2D eigenvalue weighted by Gasteiger charge is 2.37. The van der Waals surface area contributed by atoms with Crippen LogP contribution in [0.15, 0.2) is 65.6 Å². The summed E-state index contributed by atoms with van der Waals surface area (Å²) in [7, 11) is -2.53. The summed E-state index contributed by atoms with van der Waals surface area (Å²) in [5, 5.41) is 9.47. The van der Waals surface area contributed by atoms with E-state index in [-0.39, 0.29) is 38.9 Å². The summed E-state index contributed by atoms with van der Waals surface area (Å²) in [4.78, 5) is 25.6. The van der Waals surface area contributed by atoms with Gasteiger partial charge in [0.2, 0.25) is 10.0 Å². The number of unbranched alkanes of at least 4 members (excludes halogenated alkanes) is 1. The summed E-state index contributed by atoms with van der Waals surface area (Å²) in [6, 6.07) is 15.0. The van der Waals surface area contributed by atoms with Crippen LogP contribution in [-0.4, -0.2) is 49.2 Å². The molecule has 0 amide bonds. The molecule has 9 heteroatoms. The predicted octanol–water partition coefficient (Wildman–Crippen LogP) is 5.72. The Kier molecular flexibility index (Phi) is 7.47. The van der Waals surface area contributed by atoms with Crippen LogP contribution in [0.1, 0.15) is 53.8 Å². The Balaban J connectivity index is 2.00. The number of carboxylic acid groups (broad SMARTS) is 1. The molecule has 0 radical (unpaired) electrons. The Bertz CT molecular complexity index is 1460. The molecule has 0 aliphatic carbocycles. The van der Waals surface area contributed by atoms with Crippen molar-refractivity contribution in [3.63, 3.8) is 0 Å². The number of fused-ring (bicyclic) bond motifs is 1. The number of rotatable bonds is 7. The normalized spacial score (nSPS) is 17.2. The lowest BCUT2D eigenvalue weighted by atomic mass is 9.94. The zero-order valence-corrected chi connectivity index (χ0v) is 21.8. The first kappa shape index (κ1) is 26.5. The van der Waals surface area contributed by atoms with Gasteiger partial charge in [-0.1, -0.05) is 38.0 Å². The van der Waals surface area contributed by atoms with Gasteiger partial charge in [0.05, 0.1) is 11.3 Å². The number of carbonyl (C=O) groups excluding carboxylic acids is 1. The molecule has 0 bridgehead atoms. The van der Waals surface area contributed by atoms with Crippen molar-refractivity contribution in [3.8, 4) is 11.1 Å². The van der Waals surface area contributed by atoms with E-state index in [0.29, 0.717) is 13.0 Å². The smallest absolute Gasteiger partial charge is 0.335 e. The molecule has 0 aromatic heterocycles. The third-order valence-electron chi connectivity index (χ3n) is 6.80. The van der Waals surface area contributed by atoms with E-state index < -0.39 is 27.6 Å². The monoisotopic (exact) mass is 524 g/mol. The second-order valence-electron chi connectivity index (χ2n) is 9.18. The molecule has 1 aliphatic rings. The van der Waals surface area contributed by atoms with Crippen molar-refractivity contribution in [1.82, 2.24) is 4.31 Å². The van der Waals surface area contributed by atoms with Gasteiger partial charge in [-0.3, -0.25) is 4.79 Å². The van der Waals surface area contributed by atoms with Gasteiger partial charge >= 0.3 is 5.97 Å². The molecule has 0 fully saturated rings. The van der Waals surface area contributed by atoms with Crippen molar-refractivity contribution in [2.45, 2.75) is 44.0 Å². The molecule has 1 aliphatic heterocycles. The minimum Gasteiger partial charge on any atom is -0.478 e. The van der Waals surface area contributed by atoms with E-state index in [0.717, 1.165) is 18.5 Å². The van der Waals surface area contributed by atoms with Crippen molar-refractivity contribution in [2.24, 2.45) is 0 Å². The van der Waals surface area contributed by atoms with Crippen LogP contribution in [-0.2, 0) is 10.0 Å². The summed E-state index contributed by atoms with van der Waals surface area (Å²) >= 11 is 0. The van der Waals surface area contributed by atoms with Crippen LogP contribution in [0, 0.1) is 5.82 Å². The lowest BCUT2D eigenvalue weighted by Crippen LogP contribution is -2.40. The number of nitrogens with zero attached hydrogens (tertiary/aromatic N) is 2. The molecule has 3 aromatic rings. The molecule has 3 aromatic carbocycles. The van der Waals surface area contributed by atoms with E-state index in [9.17, 15) is 23.1 Å². The number of anilines is 2. The molecule has 0 spiro atoms. The third-order valence-corrected chi connectivity index (χ3v) is 8.74. The van der Waals surface area contributed by atoms with Crippen LogP contribution in [0.2, 0.25) is 0 Å². The van der Waals surface area contributed by atoms with Gasteiger partial charge in [0.1, 0.15) is 10.7 Å². The molecule has 1 N–H and O–H groups in total. The number of Topliss-reactive ketones (excluding diaryl/α,β-unsaturated/α-hetero) is 1. The van der Waals surface area contributed by atoms with Gasteiger partial charge < -0.3 is 10.0 Å². The van der Waals surface area contributed by atoms with Gasteiger partial charge in [-0.25, -0.2) is 17.6 Å². The van der Waals surface area contributed by atoms with Crippen molar-refractivity contribution in [2.75, 3.05) is 18.5 Å². The highest BCUT2D eigenvalue weighted by atomic mass is 32.2. The Hall–Kier alpha value is -3.56. The average molecular weight is 525 g/mol. The van der Waals surface area contributed by atoms with Crippen molar-refractivity contribution in [3.05, 3.63) is 77.6 Å². The van der Waals surface area contributed by atoms with Gasteiger partial charge in [0.25, 0.3) is 0 Å².